The highest BCUT2D eigenvalue weighted by Crippen LogP contribution is 2.30. The van der Waals surface area contributed by atoms with Gasteiger partial charge in [-0.1, -0.05) is 0 Å². The van der Waals surface area contributed by atoms with E-state index in [1.807, 2.05) is 4.90 Å². The van der Waals surface area contributed by atoms with E-state index >= 15 is 0 Å². The summed E-state index contributed by atoms with van der Waals surface area (Å²) < 4.78 is 45.9. The van der Waals surface area contributed by atoms with Crippen LogP contribution in [-0.4, -0.2) is 80.3 Å². The second kappa shape index (κ2) is 9.74. The lowest BCUT2D eigenvalue weighted by Crippen LogP contribution is -2.50. The smallest absolute Gasteiger partial charge is 0.433 e. The molecule has 0 saturated carbocycles. The van der Waals surface area contributed by atoms with Gasteiger partial charge < -0.3 is 20.0 Å². The highest BCUT2D eigenvalue weighted by Gasteiger charge is 2.33. The molecule has 0 spiro atoms. The Labute approximate surface area is 216 Å². The number of fused-ring (bicyclic) bond motifs is 1. The van der Waals surface area contributed by atoms with Crippen molar-refractivity contribution in [1.82, 2.24) is 34.4 Å². The molecule has 0 bridgehead atoms. The van der Waals surface area contributed by atoms with Gasteiger partial charge in [0.25, 0.3) is 5.78 Å². The number of furan rings is 1. The Balaban J connectivity index is 1.08. The first-order valence-electron chi connectivity index (χ1n) is 12.5. The van der Waals surface area contributed by atoms with Crippen LogP contribution in [0.1, 0.15) is 18.5 Å². The molecule has 200 valence electrons. The number of hydrogen-bond donors (Lipinski definition) is 1. The Bertz CT molecular complexity index is 1400. The maximum atomic E-state index is 13.0. The molecule has 6 rings (SSSR count). The van der Waals surface area contributed by atoms with Crippen LogP contribution >= 0.6 is 0 Å². The highest BCUT2D eigenvalue weighted by atomic mass is 19.4. The predicted molar refractivity (Wildman–Crippen MR) is 134 cm³/mol. The fourth-order valence-electron chi connectivity index (χ4n) is 5.17. The maximum Gasteiger partial charge on any atom is 0.433 e. The molecular weight excluding hydrogens is 501 g/mol. The molecule has 4 aromatic heterocycles. The molecule has 38 heavy (non-hydrogen) atoms. The van der Waals surface area contributed by atoms with E-state index in [0.717, 1.165) is 51.6 Å². The maximum absolute atomic E-state index is 13.0. The van der Waals surface area contributed by atoms with E-state index in [0.29, 0.717) is 48.0 Å². The van der Waals surface area contributed by atoms with E-state index in [1.165, 1.54) is 10.7 Å². The van der Waals surface area contributed by atoms with E-state index in [2.05, 4.69) is 34.8 Å². The number of piperazine rings is 1. The summed E-state index contributed by atoms with van der Waals surface area (Å²) in [5.41, 5.74) is 5.88. The van der Waals surface area contributed by atoms with E-state index in [1.54, 1.807) is 24.5 Å². The van der Waals surface area contributed by atoms with Gasteiger partial charge >= 0.3 is 6.18 Å². The van der Waals surface area contributed by atoms with E-state index in [4.69, 9.17) is 10.2 Å². The number of halogens is 3. The summed E-state index contributed by atoms with van der Waals surface area (Å²) in [5.74, 6) is 2.43. The summed E-state index contributed by atoms with van der Waals surface area (Å²) in [5, 5.41) is 4.35. The quantitative estimate of drug-likeness (QED) is 0.414. The molecule has 1 unspecified atom stereocenters. The molecule has 0 aromatic carbocycles. The third kappa shape index (κ3) is 4.95. The molecule has 4 aromatic rings. The van der Waals surface area contributed by atoms with Crippen LogP contribution in [0.4, 0.5) is 30.8 Å². The topological polar surface area (TPSA) is 118 Å². The molecule has 2 aliphatic rings. The molecular formula is C24H27F3N10O. The molecule has 0 radical (unpaired) electrons. The van der Waals surface area contributed by atoms with Crippen molar-refractivity contribution >= 4 is 23.4 Å². The summed E-state index contributed by atoms with van der Waals surface area (Å²) >= 11 is 0. The van der Waals surface area contributed by atoms with Gasteiger partial charge in [0, 0.05) is 57.7 Å². The van der Waals surface area contributed by atoms with Crippen molar-refractivity contribution < 1.29 is 17.6 Å². The zero-order valence-corrected chi connectivity index (χ0v) is 20.5. The van der Waals surface area contributed by atoms with Crippen molar-refractivity contribution in [2.75, 3.05) is 61.3 Å². The van der Waals surface area contributed by atoms with Crippen molar-refractivity contribution in [1.29, 1.82) is 0 Å². The molecule has 14 heteroatoms. The highest BCUT2D eigenvalue weighted by molar-refractivity contribution is 5.53. The van der Waals surface area contributed by atoms with E-state index < -0.39 is 11.9 Å². The normalized spacial score (nSPS) is 19.4. The van der Waals surface area contributed by atoms with Crippen molar-refractivity contribution in [2.24, 2.45) is 5.92 Å². The van der Waals surface area contributed by atoms with Gasteiger partial charge in [-0.3, -0.25) is 9.88 Å². The summed E-state index contributed by atoms with van der Waals surface area (Å²) in [6.07, 6.45) is 0.421. The first kappa shape index (κ1) is 24.4. The van der Waals surface area contributed by atoms with Gasteiger partial charge in [-0.15, -0.1) is 5.10 Å². The predicted octanol–water partition coefficient (Wildman–Crippen LogP) is 2.81. The molecule has 2 saturated heterocycles. The number of nitrogens with two attached hydrogens (primary N) is 1. The Morgan fingerprint density at radius 1 is 1.03 bits per heavy atom. The third-order valence-electron chi connectivity index (χ3n) is 7.05. The van der Waals surface area contributed by atoms with Crippen LogP contribution < -0.4 is 15.5 Å². The summed E-state index contributed by atoms with van der Waals surface area (Å²) in [6.45, 7) is 5.41. The summed E-state index contributed by atoms with van der Waals surface area (Å²) in [6, 6.07) is 6.30. The average molecular weight is 529 g/mol. The van der Waals surface area contributed by atoms with E-state index in [-0.39, 0.29) is 5.95 Å². The monoisotopic (exact) mass is 528 g/mol. The number of nitrogen functional groups attached to an aromatic ring is 1. The lowest BCUT2D eigenvalue weighted by molar-refractivity contribution is -0.141. The van der Waals surface area contributed by atoms with Gasteiger partial charge in [0.2, 0.25) is 17.7 Å². The molecule has 0 aliphatic carbocycles. The average Bonchev–Trinajstić information content (AvgIpc) is 3.60. The molecule has 2 fully saturated rings. The minimum Gasteiger partial charge on any atom is -0.461 e. The van der Waals surface area contributed by atoms with Gasteiger partial charge in [-0.05, 0) is 43.0 Å². The Hall–Kier alpha value is -3.94. The van der Waals surface area contributed by atoms with Crippen LogP contribution in [0.5, 0.6) is 0 Å². The largest absolute Gasteiger partial charge is 0.461 e. The van der Waals surface area contributed by atoms with Gasteiger partial charge in [-0.25, -0.2) is 0 Å². The first-order chi connectivity index (χ1) is 18.3. The van der Waals surface area contributed by atoms with Crippen LogP contribution in [0, 0.1) is 5.92 Å². The number of pyridine rings is 1. The SMILES string of the molecule is Nc1nc(N2CCCC(CN3CCN(c4ccnc(C(F)(F)F)c4)CC3)C2)nc2nc(-c3ccco3)nn12. The molecule has 0 amide bonds. The zero-order valence-electron chi connectivity index (χ0n) is 20.5. The Morgan fingerprint density at radius 3 is 2.63 bits per heavy atom. The summed E-state index contributed by atoms with van der Waals surface area (Å²) in [7, 11) is 0. The van der Waals surface area contributed by atoms with Gasteiger partial charge in [0.1, 0.15) is 5.69 Å². The zero-order chi connectivity index (χ0) is 26.3. The van der Waals surface area contributed by atoms with Crippen LogP contribution in [0.15, 0.2) is 41.1 Å². The number of hydrogen-bond acceptors (Lipinski definition) is 10. The van der Waals surface area contributed by atoms with Crippen molar-refractivity contribution in [3.05, 3.63) is 42.4 Å². The third-order valence-corrected chi connectivity index (χ3v) is 7.05. The number of rotatable bonds is 5. The number of piperidine rings is 1. The second-order valence-electron chi connectivity index (χ2n) is 9.65. The van der Waals surface area contributed by atoms with Gasteiger partial charge in [0.05, 0.1) is 6.26 Å². The lowest BCUT2D eigenvalue weighted by Gasteiger charge is -2.40. The minimum absolute atomic E-state index is 0.207. The number of anilines is 3. The lowest BCUT2D eigenvalue weighted by atomic mass is 9.97. The van der Waals surface area contributed by atoms with Crippen LogP contribution in [0.25, 0.3) is 17.4 Å². The fraction of sp³-hybridized carbons (Fsp3) is 0.458. The minimum atomic E-state index is -4.45. The number of aromatic nitrogens is 6. The van der Waals surface area contributed by atoms with Gasteiger partial charge in [-0.2, -0.15) is 32.6 Å². The Kier molecular flexibility index (Phi) is 6.26. The molecule has 6 heterocycles. The molecule has 11 nitrogen and oxygen atoms in total. The van der Waals surface area contributed by atoms with Gasteiger partial charge in [0.15, 0.2) is 5.76 Å². The molecule has 2 aliphatic heterocycles. The fourth-order valence-corrected chi connectivity index (χ4v) is 5.17. The van der Waals surface area contributed by atoms with Crippen LogP contribution in [0.2, 0.25) is 0 Å². The number of nitrogens with zero attached hydrogens (tertiary/aromatic N) is 9. The number of alkyl halides is 3. The first-order valence-corrected chi connectivity index (χ1v) is 12.5. The Morgan fingerprint density at radius 2 is 1.87 bits per heavy atom. The van der Waals surface area contributed by atoms with Crippen LogP contribution in [0.3, 0.4) is 0 Å². The standard InChI is InChI=1S/C24H27F3N10O/c25-24(26,27)19-13-17(5-6-29-19)35-10-8-34(9-11-35)14-16-3-1-7-36(15-16)22-31-21(28)37-23(32-22)30-20(33-37)18-4-2-12-38-18/h2,4-6,12-13,16H,1,3,7-11,14-15H2,(H2,28,30,31,32,33). The summed E-state index contributed by atoms with van der Waals surface area (Å²) in [4.78, 5) is 23.5. The van der Waals surface area contributed by atoms with Crippen molar-refractivity contribution in [3.8, 4) is 11.6 Å². The van der Waals surface area contributed by atoms with E-state index in [9.17, 15) is 13.2 Å². The molecule has 1 atom stereocenters. The second-order valence-corrected chi connectivity index (χ2v) is 9.65. The van der Waals surface area contributed by atoms with Crippen molar-refractivity contribution in [3.63, 3.8) is 0 Å². The van der Waals surface area contributed by atoms with Crippen LogP contribution in [-0.2, 0) is 6.18 Å². The molecule has 2 N–H and O–H groups in total. The van der Waals surface area contributed by atoms with Crippen molar-refractivity contribution in [2.45, 2.75) is 19.0 Å².